The van der Waals surface area contributed by atoms with E-state index < -0.39 is 0 Å². The molecule has 2 aromatic rings. The summed E-state index contributed by atoms with van der Waals surface area (Å²) in [6.45, 7) is 3.66. The number of ether oxygens (including phenoxy) is 1. The van der Waals surface area contributed by atoms with Gasteiger partial charge in [0.25, 0.3) is 0 Å². The molecule has 1 aromatic heterocycles. The summed E-state index contributed by atoms with van der Waals surface area (Å²) in [4.78, 5) is 4.24. The number of rotatable bonds is 2. The number of aromatic nitrogens is 1. The summed E-state index contributed by atoms with van der Waals surface area (Å²) >= 11 is 0. The average molecular weight is 239 g/mol. The monoisotopic (exact) mass is 239 g/mol. The van der Waals surface area contributed by atoms with Crippen LogP contribution >= 0.6 is 0 Å². The molecule has 2 N–H and O–H groups in total. The first-order valence-electron chi connectivity index (χ1n) is 5.52. The van der Waals surface area contributed by atoms with Crippen LogP contribution in [0.5, 0.6) is 11.5 Å². The third-order valence-corrected chi connectivity index (χ3v) is 2.51. The Hall–Kier alpha value is -2.54. The Balaban J connectivity index is 2.40. The van der Waals surface area contributed by atoms with Crippen molar-refractivity contribution in [3.05, 3.63) is 47.3 Å². The molecule has 1 aromatic carbocycles. The van der Waals surface area contributed by atoms with Crippen molar-refractivity contribution in [3.8, 4) is 17.6 Å². The van der Waals surface area contributed by atoms with Gasteiger partial charge in [-0.05, 0) is 38.1 Å². The second-order valence-electron chi connectivity index (χ2n) is 4.01. The molecule has 0 aliphatic carbocycles. The zero-order chi connectivity index (χ0) is 13.1. The maximum atomic E-state index is 9.12. The molecule has 0 saturated carbocycles. The highest BCUT2D eigenvalue weighted by Crippen LogP contribution is 2.27. The zero-order valence-electron chi connectivity index (χ0n) is 10.3. The van der Waals surface area contributed by atoms with E-state index in [0.717, 1.165) is 5.69 Å². The number of pyridine rings is 1. The van der Waals surface area contributed by atoms with Gasteiger partial charge in [-0.1, -0.05) is 0 Å². The summed E-state index contributed by atoms with van der Waals surface area (Å²) in [6.07, 6.45) is 0. The lowest BCUT2D eigenvalue weighted by atomic mass is 10.2. The predicted octanol–water partition coefficient (Wildman–Crippen LogP) is 2.94. The first-order valence-corrected chi connectivity index (χ1v) is 5.52. The molecule has 0 saturated heterocycles. The van der Waals surface area contributed by atoms with Crippen molar-refractivity contribution >= 4 is 5.69 Å². The van der Waals surface area contributed by atoms with Crippen LogP contribution in [0.4, 0.5) is 5.69 Å². The highest BCUT2D eigenvalue weighted by atomic mass is 16.5. The van der Waals surface area contributed by atoms with E-state index in [1.165, 1.54) is 0 Å². The van der Waals surface area contributed by atoms with Crippen molar-refractivity contribution in [3.63, 3.8) is 0 Å². The molecular formula is C14H13N3O. The number of nitriles is 1. The Morgan fingerprint density at radius 2 is 1.89 bits per heavy atom. The third-order valence-electron chi connectivity index (χ3n) is 2.51. The van der Waals surface area contributed by atoms with Crippen LogP contribution in [-0.2, 0) is 0 Å². The van der Waals surface area contributed by atoms with Gasteiger partial charge in [-0.15, -0.1) is 0 Å². The minimum Gasteiger partial charge on any atom is -0.456 e. The lowest BCUT2D eigenvalue weighted by molar-refractivity contribution is 0.479. The van der Waals surface area contributed by atoms with E-state index in [-0.39, 0.29) is 0 Å². The van der Waals surface area contributed by atoms with E-state index >= 15 is 0 Å². The third kappa shape index (κ3) is 2.41. The van der Waals surface area contributed by atoms with E-state index in [1.54, 1.807) is 37.3 Å². The Morgan fingerprint density at radius 3 is 2.50 bits per heavy atom. The van der Waals surface area contributed by atoms with Crippen molar-refractivity contribution in [1.29, 1.82) is 5.26 Å². The fourth-order valence-corrected chi connectivity index (χ4v) is 1.67. The lowest BCUT2D eigenvalue weighted by Gasteiger charge is -2.10. The Bertz CT molecular complexity index is 612. The van der Waals surface area contributed by atoms with Crippen molar-refractivity contribution in [1.82, 2.24) is 4.98 Å². The van der Waals surface area contributed by atoms with Crippen LogP contribution in [0.25, 0.3) is 0 Å². The molecule has 90 valence electrons. The van der Waals surface area contributed by atoms with E-state index in [1.807, 2.05) is 6.92 Å². The largest absolute Gasteiger partial charge is 0.456 e. The van der Waals surface area contributed by atoms with Gasteiger partial charge in [0.15, 0.2) is 0 Å². The zero-order valence-corrected chi connectivity index (χ0v) is 10.3. The first-order chi connectivity index (χ1) is 8.60. The number of nitrogens with zero attached hydrogens (tertiary/aromatic N) is 2. The van der Waals surface area contributed by atoms with Crippen LogP contribution in [-0.4, -0.2) is 4.98 Å². The van der Waals surface area contributed by atoms with Crippen LogP contribution in [0, 0.1) is 25.2 Å². The summed E-state index contributed by atoms with van der Waals surface area (Å²) in [6, 6.07) is 10.9. The highest BCUT2D eigenvalue weighted by Gasteiger charge is 2.10. The molecule has 0 atom stereocenters. The number of nitrogen functional groups attached to an aromatic ring is 1. The van der Waals surface area contributed by atoms with Gasteiger partial charge >= 0.3 is 0 Å². The number of hydrogen-bond donors (Lipinski definition) is 1. The first kappa shape index (κ1) is 11.9. The maximum absolute atomic E-state index is 9.12. The van der Waals surface area contributed by atoms with Crippen molar-refractivity contribution in [2.75, 3.05) is 5.73 Å². The fourth-order valence-electron chi connectivity index (χ4n) is 1.67. The highest BCUT2D eigenvalue weighted by molar-refractivity contribution is 5.49. The molecule has 0 unspecified atom stereocenters. The average Bonchev–Trinajstić information content (AvgIpc) is 2.32. The van der Waals surface area contributed by atoms with E-state index in [4.69, 9.17) is 15.7 Å². The molecular weight excluding hydrogens is 226 g/mol. The Labute approximate surface area is 106 Å². The molecule has 0 fully saturated rings. The maximum Gasteiger partial charge on any atom is 0.148 e. The van der Waals surface area contributed by atoms with Crippen LogP contribution in [0.15, 0.2) is 30.3 Å². The lowest BCUT2D eigenvalue weighted by Crippen LogP contribution is -1.96. The van der Waals surface area contributed by atoms with Crippen molar-refractivity contribution < 1.29 is 4.74 Å². The Morgan fingerprint density at radius 1 is 1.22 bits per heavy atom. The predicted molar refractivity (Wildman–Crippen MR) is 69.4 cm³/mol. The molecule has 0 aliphatic heterocycles. The van der Waals surface area contributed by atoms with E-state index in [0.29, 0.717) is 28.4 Å². The SMILES string of the molecule is Cc1cc(Oc2ccc(N)cc2)c(C#N)c(C)n1. The summed E-state index contributed by atoms with van der Waals surface area (Å²) in [5.41, 5.74) is 8.22. The second kappa shape index (κ2) is 4.76. The number of benzene rings is 1. The molecule has 0 amide bonds. The standard InChI is InChI=1S/C14H13N3O/c1-9-7-14(13(8-15)10(2)17-9)18-12-5-3-11(16)4-6-12/h3-7H,16H2,1-2H3. The fraction of sp³-hybridized carbons (Fsp3) is 0.143. The van der Waals surface area contributed by atoms with E-state index in [9.17, 15) is 0 Å². The molecule has 1 heterocycles. The number of nitrogens with two attached hydrogens (primary N) is 1. The molecule has 18 heavy (non-hydrogen) atoms. The summed E-state index contributed by atoms with van der Waals surface area (Å²) in [5.74, 6) is 1.16. The topological polar surface area (TPSA) is 71.9 Å². The van der Waals surface area contributed by atoms with Gasteiger partial charge in [0, 0.05) is 17.4 Å². The molecule has 0 aliphatic rings. The van der Waals surface area contributed by atoms with Crippen LogP contribution in [0.3, 0.4) is 0 Å². The minimum absolute atomic E-state index is 0.456. The van der Waals surface area contributed by atoms with Crippen LogP contribution < -0.4 is 10.5 Å². The summed E-state index contributed by atoms with van der Waals surface area (Å²) in [5, 5.41) is 9.12. The molecule has 4 heteroatoms. The van der Waals surface area contributed by atoms with Gasteiger partial charge in [0.1, 0.15) is 23.1 Å². The van der Waals surface area contributed by atoms with Crippen molar-refractivity contribution in [2.45, 2.75) is 13.8 Å². The van der Waals surface area contributed by atoms with E-state index in [2.05, 4.69) is 11.1 Å². The molecule has 4 nitrogen and oxygen atoms in total. The Kier molecular flexibility index (Phi) is 3.16. The van der Waals surface area contributed by atoms with Gasteiger partial charge < -0.3 is 10.5 Å². The van der Waals surface area contributed by atoms with Gasteiger partial charge in [-0.25, -0.2) is 0 Å². The van der Waals surface area contributed by atoms with Gasteiger partial charge in [0.2, 0.25) is 0 Å². The number of anilines is 1. The number of aryl methyl sites for hydroxylation is 2. The molecule has 0 spiro atoms. The second-order valence-corrected chi connectivity index (χ2v) is 4.01. The van der Waals surface area contributed by atoms with Crippen LogP contribution in [0.2, 0.25) is 0 Å². The number of hydrogen-bond acceptors (Lipinski definition) is 4. The normalized spacial score (nSPS) is 9.83. The van der Waals surface area contributed by atoms with Gasteiger partial charge in [-0.2, -0.15) is 5.26 Å². The molecule has 0 bridgehead atoms. The summed E-state index contributed by atoms with van der Waals surface area (Å²) in [7, 11) is 0. The smallest absolute Gasteiger partial charge is 0.148 e. The quantitative estimate of drug-likeness (QED) is 0.818. The van der Waals surface area contributed by atoms with Gasteiger partial charge in [-0.3, -0.25) is 4.98 Å². The molecule has 2 rings (SSSR count). The van der Waals surface area contributed by atoms with Crippen molar-refractivity contribution in [2.24, 2.45) is 0 Å². The van der Waals surface area contributed by atoms with Crippen LogP contribution in [0.1, 0.15) is 17.0 Å². The summed E-state index contributed by atoms with van der Waals surface area (Å²) < 4.78 is 5.70. The minimum atomic E-state index is 0.456. The van der Waals surface area contributed by atoms with Gasteiger partial charge in [0.05, 0.1) is 5.69 Å². The molecule has 0 radical (unpaired) electrons.